The van der Waals surface area contributed by atoms with Crippen molar-refractivity contribution in [3.8, 4) is 0 Å². The Morgan fingerprint density at radius 2 is 1.79 bits per heavy atom. The molecule has 0 saturated heterocycles. The fourth-order valence-corrected chi connectivity index (χ4v) is 2.27. The van der Waals surface area contributed by atoms with Gasteiger partial charge in [-0.25, -0.2) is 0 Å². The van der Waals surface area contributed by atoms with Gasteiger partial charge in [-0.2, -0.15) is 0 Å². The summed E-state index contributed by atoms with van der Waals surface area (Å²) in [5.41, 5.74) is 2.34. The minimum atomic E-state index is 0.470. The first kappa shape index (κ1) is 16.3. The maximum absolute atomic E-state index is 6.42. The smallest absolute Gasteiger partial charge is 0.0642 e. The second-order valence-electron chi connectivity index (χ2n) is 5.92. The minimum Gasteiger partial charge on any atom is -0.370 e. The number of benzene rings is 1. The van der Waals surface area contributed by atoms with Crippen LogP contribution in [0.15, 0.2) is 18.2 Å². The molecule has 1 atom stereocenters. The van der Waals surface area contributed by atoms with Gasteiger partial charge >= 0.3 is 0 Å². The van der Waals surface area contributed by atoms with Crippen LogP contribution in [-0.2, 0) is 6.54 Å². The summed E-state index contributed by atoms with van der Waals surface area (Å²) < 4.78 is 0. The van der Waals surface area contributed by atoms with Gasteiger partial charge in [-0.1, -0.05) is 45.4 Å². The van der Waals surface area contributed by atoms with E-state index in [1.54, 1.807) is 0 Å². The lowest BCUT2D eigenvalue weighted by Gasteiger charge is -2.31. The van der Waals surface area contributed by atoms with E-state index in [9.17, 15) is 0 Å². The Morgan fingerprint density at radius 1 is 1.16 bits per heavy atom. The molecule has 0 aliphatic carbocycles. The highest BCUT2D eigenvalue weighted by molar-refractivity contribution is 6.33. The van der Waals surface area contributed by atoms with E-state index in [0.29, 0.717) is 18.0 Å². The van der Waals surface area contributed by atoms with E-state index in [1.807, 2.05) is 0 Å². The molecule has 1 N–H and O–H groups in total. The van der Waals surface area contributed by atoms with Crippen molar-refractivity contribution in [2.75, 3.05) is 11.9 Å². The molecule has 0 aliphatic heterocycles. The van der Waals surface area contributed by atoms with Crippen molar-refractivity contribution in [3.63, 3.8) is 0 Å². The number of nitrogens with zero attached hydrogens (tertiary/aromatic N) is 1. The Bertz CT molecular complexity index is 402. The zero-order chi connectivity index (χ0) is 14.6. The van der Waals surface area contributed by atoms with Gasteiger partial charge in [0, 0.05) is 25.7 Å². The van der Waals surface area contributed by atoms with Crippen LogP contribution in [0.2, 0.25) is 5.02 Å². The van der Waals surface area contributed by atoms with E-state index in [-0.39, 0.29) is 0 Å². The molecule has 0 heterocycles. The topological polar surface area (TPSA) is 15.3 Å². The van der Waals surface area contributed by atoms with Crippen molar-refractivity contribution in [1.29, 1.82) is 0 Å². The van der Waals surface area contributed by atoms with Crippen LogP contribution in [0, 0.1) is 5.92 Å². The van der Waals surface area contributed by atoms with E-state index in [0.717, 1.165) is 17.3 Å². The molecule has 0 aliphatic rings. The summed E-state index contributed by atoms with van der Waals surface area (Å²) >= 11 is 6.42. The number of hydrogen-bond acceptors (Lipinski definition) is 2. The van der Waals surface area contributed by atoms with Gasteiger partial charge in [0.1, 0.15) is 0 Å². The molecular weight excluding hydrogens is 256 g/mol. The quantitative estimate of drug-likeness (QED) is 0.836. The van der Waals surface area contributed by atoms with Crippen molar-refractivity contribution >= 4 is 17.3 Å². The molecule has 0 radical (unpaired) electrons. The number of nitrogens with one attached hydrogen (secondary N) is 1. The van der Waals surface area contributed by atoms with Gasteiger partial charge in [0.15, 0.2) is 0 Å². The van der Waals surface area contributed by atoms with Gasteiger partial charge in [-0.15, -0.1) is 0 Å². The van der Waals surface area contributed by atoms with Gasteiger partial charge in [-0.3, -0.25) is 0 Å². The second-order valence-corrected chi connectivity index (χ2v) is 6.32. The minimum absolute atomic E-state index is 0.470. The van der Waals surface area contributed by atoms with E-state index in [2.05, 4.69) is 70.1 Å². The summed E-state index contributed by atoms with van der Waals surface area (Å²) in [6, 6.07) is 7.30. The summed E-state index contributed by atoms with van der Waals surface area (Å²) in [5.74, 6) is 0.600. The second kappa shape index (κ2) is 7.16. The Kier molecular flexibility index (Phi) is 6.15. The van der Waals surface area contributed by atoms with Gasteiger partial charge in [0.05, 0.1) is 10.7 Å². The van der Waals surface area contributed by atoms with Crippen LogP contribution in [0.5, 0.6) is 0 Å². The van der Waals surface area contributed by atoms with Crippen molar-refractivity contribution < 1.29 is 0 Å². The first-order valence-corrected chi connectivity index (χ1v) is 7.45. The number of hydrogen-bond donors (Lipinski definition) is 1. The van der Waals surface area contributed by atoms with E-state index in [4.69, 9.17) is 11.6 Å². The van der Waals surface area contributed by atoms with Gasteiger partial charge in [0.25, 0.3) is 0 Å². The Hall–Kier alpha value is -0.730. The lowest BCUT2D eigenvalue weighted by molar-refractivity contribution is 0.505. The molecule has 0 bridgehead atoms. The zero-order valence-electron chi connectivity index (χ0n) is 13.0. The van der Waals surface area contributed by atoms with E-state index in [1.165, 1.54) is 5.56 Å². The van der Waals surface area contributed by atoms with Crippen molar-refractivity contribution in [1.82, 2.24) is 5.32 Å². The summed E-state index contributed by atoms with van der Waals surface area (Å²) in [4.78, 5) is 2.26. The number of rotatable bonds is 6. The van der Waals surface area contributed by atoms with Gasteiger partial charge < -0.3 is 10.2 Å². The molecule has 1 aromatic carbocycles. The molecule has 1 unspecified atom stereocenters. The average Bonchev–Trinajstić information content (AvgIpc) is 2.34. The fourth-order valence-electron chi connectivity index (χ4n) is 1.93. The highest BCUT2D eigenvalue weighted by atomic mass is 35.5. The Balaban J connectivity index is 2.82. The summed E-state index contributed by atoms with van der Waals surface area (Å²) in [5, 5.41) is 4.24. The lowest BCUT2D eigenvalue weighted by atomic mass is 10.0. The standard InChI is InChI=1S/C16H27ClN2/c1-11(2)13(5)19(6)16-8-7-14(9-15(16)17)10-18-12(3)4/h7-9,11-13,18H,10H2,1-6H3. The van der Waals surface area contributed by atoms with Gasteiger partial charge in [-0.05, 0) is 30.5 Å². The molecule has 3 heteroatoms. The molecule has 0 fully saturated rings. The van der Waals surface area contributed by atoms with Crippen LogP contribution in [-0.4, -0.2) is 19.1 Å². The lowest BCUT2D eigenvalue weighted by Crippen LogP contribution is -2.33. The monoisotopic (exact) mass is 282 g/mol. The maximum Gasteiger partial charge on any atom is 0.0642 e. The largest absolute Gasteiger partial charge is 0.370 e. The Labute approximate surface area is 123 Å². The molecule has 19 heavy (non-hydrogen) atoms. The Morgan fingerprint density at radius 3 is 2.26 bits per heavy atom. The molecule has 2 nitrogen and oxygen atoms in total. The summed E-state index contributed by atoms with van der Waals surface area (Å²) in [6.45, 7) is 11.9. The fraction of sp³-hybridized carbons (Fsp3) is 0.625. The third-order valence-electron chi connectivity index (χ3n) is 3.68. The first-order valence-electron chi connectivity index (χ1n) is 7.07. The normalized spacial score (nSPS) is 13.1. The molecule has 0 aromatic heterocycles. The van der Waals surface area contributed by atoms with Crippen molar-refractivity contribution in [2.45, 2.75) is 53.2 Å². The van der Waals surface area contributed by atoms with Gasteiger partial charge in [0.2, 0.25) is 0 Å². The SMILES string of the molecule is CC(C)NCc1ccc(N(C)C(C)C(C)C)c(Cl)c1. The third kappa shape index (κ3) is 4.70. The zero-order valence-corrected chi connectivity index (χ0v) is 13.8. The predicted octanol–water partition coefficient (Wildman–Crippen LogP) is 4.32. The van der Waals surface area contributed by atoms with Crippen LogP contribution in [0.3, 0.4) is 0 Å². The van der Waals surface area contributed by atoms with Crippen LogP contribution in [0.4, 0.5) is 5.69 Å². The van der Waals surface area contributed by atoms with Crippen LogP contribution >= 0.6 is 11.6 Å². The van der Waals surface area contributed by atoms with Crippen LogP contribution in [0.1, 0.15) is 40.2 Å². The average molecular weight is 283 g/mol. The first-order chi connectivity index (χ1) is 8.82. The number of halogens is 1. The predicted molar refractivity (Wildman–Crippen MR) is 86.1 cm³/mol. The third-order valence-corrected chi connectivity index (χ3v) is 3.98. The molecular formula is C16H27ClN2. The highest BCUT2D eigenvalue weighted by Gasteiger charge is 2.16. The highest BCUT2D eigenvalue weighted by Crippen LogP contribution is 2.28. The van der Waals surface area contributed by atoms with Crippen molar-refractivity contribution in [2.24, 2.45) is 5.92 Å². The van der Waals surface area contributed by atoms with Crippen LogP contribution < -0.4 is 10.2 Å². The van der Waals surface area contributed by atoms with Crippen molar-refractivity contribution in [3.05, 3.63) is 28.8 Å². The number of anilines is 1. The van der Waals surface area contributed by atoms with Crippen LogP contribution in [0.25, 0.3) is 0 Å². The maximum atomic E-state index is 6.42. The van der Waals surface area contributed by atoms with E-state index < -0.39 is 0 Å². The molecule has 0 spiro atoms. The summed E-state index contributed by atoms with van der Waals surface area (Å²) in [7, 11) is 2.11. The molecule has 1 rings (SSSR count). The van der Waals surface area contributed by atoms with E-state index >= 15 is 0 Å². The molecule has 108 valence electrons. The summed E-state index contributed by atoms with van der Waals surface area (Å²) in [6.07, 6.45) is 0. The molecule has 0 saturated carbocycles. The molecule has 0 amide bonds. The molecule has 1 aromatic rings.